The summed E-state index contributed by atoms with van der Waals surface area (Å²) < 4.78 is 6.50. The summed E-state index contributed by atoms with van der Waals surface area (Å²) in [5, 5.41) is 4.79. The van der Waals surface area contributed by atoms with Crippen LogP contribution in [0.2, 0.25) is 0 Å². The van der Waals surface area contributed by atoms with Gasteiger partial charge in [-0.15, -0.1) is 0 Å². The van der Waals surface area contributed by atoms with Crippen LogP contribution in [0.3, 0.4) is 0 Å². The van der Waals surface area contributed by atoms with Crippen molar-refractivity contribution >= 4 is 49.8 Å². The van der Waals surface area contributed by atoms with Gasteiger partial charge in [-0.05, 0) is 126 Å². The van der Waals surface area contributed by atoms with Crippen molar-refractivity contribution in [2.45, 2.75) is 5.41 Å². The molecule has 0 N–H and O–H groups in total. The van der Waals surface area contributed by atoms with Crippen LogP contribution in [0.1, 0.15) is 22.3 Å². The zero-order valence-corrected chi connectivity index (χ0v) is 36.5. The molecule has 11 aromatic carbocycles. The summed E-state index contributed by atoms with van der Waals surface area (Å²) in [6, 6.07) is 91.2. The Labute approximate surface area is 389 Å². The Morgan fingerprint density at radius 2 is 0.716 bits per heavy atom. The van der Waals surface area contributed by atoms with Crippen LogP contribution in [0, 0.1) is 0 Å². The van der Waals surface area contributed by atoms with E-state index in [1.54, 1.807) is 0 Å². The lowest BCUT2D eigenvalue weighted by atomic mass is 9.70. The minimum absolute atomic E-state index is 0.446. The molecule has 1 spiro atoms. The van der Waals surface area contributed by atoms with Crippen molar-refractivity contribution in [2.75, 3.05) is 4.90 Å². The van der Waals surface area contributed by atoms with Crippen LogP contribution in [-0.4, -0.2) is 0 Å². The molecule has 2 aliphatic carbocycles. The monoisotopic (exact) mass is 851 g/mol. The third-order valence-corrected chi connectivity index (χ3v) is 14.5. The normalized spacial score (nSPS) is 12.9. The highest BCUT2D eigenvalue weighted by molar-refractivity contribution is 6.09. The Morgan fingerprint density at radius 3 is 1.39 bits per heavy atom. The smallest absolute Gasteiger partial charge is 0.143 e. The van der Waals surface area contributed by atoms with E-state index >= 15 is 0 Å². The Balaban J connectivity index is 0.908. The van der Waals surface area contributed by atoms with Gasteiger partial charge >= 0.3 is 0 Å². The SMILES string of the molecule is c1ccc2c(c1)-c1ccccc1C21c2ccccc2-c2ccc(N(c3ccc(-c4ccc(-c5cccc6ccccc56)cc4)cc3)c3ccc(-c4cccc5c4oc4ccccc45)cc3)cc21. The average molecular weight is 852 g/mol. The zero-order chi connectivity index (χ0) is 44.1. The molecule has 1 heterocycles. The number of nitrogens with zero attached hydrogens (tertiary/aromatic N) is 1. The third kappa shape index (κ3) is 5.57. The Morgan fingerprint density at radius 1 is 0.284 bits per heavy atom. The van der Waals surface area contributed by atoms with Crippen molar-refractivity contribution < 1.29 is 4.42 Å². The lowest BCUT2D eigenvalue weighted by molar-refractivity contribution is 0.670. The fraction of sp³-hybridized carbons (Fsp3) is 0.0154. The highest BCUT2D eigenvalue weighted by atomic mass is 16.3. The topological polar surface area (TPSA) is 16.4 Å². The average Bonchev–Trinajstić information content (AvgIpc) is 4.03. The van der Waals surface area contributed by atoms with Gasteiger partial charge in [0.2, 0.25) is 0 Å². The van der Waals surface area contributed by atoms with Crippen molar-refractivity contribution in [3.8, 4) is 55.6 Å². The molecule has 0 saturated heterocycles. The van der Waals surface area contributed by atoms with Gasteiger partial charge in [0.05, 0.1) is 5.41 Å². The second-order valence-electron chi connectivity index (χ2n) is 17.9. The van der Waals surface area contributed by atoms with Crippen LogP contribution in [-0.2, 0) is 5.41 Å². The number of hydrogen-bond acceptors (Lipinski definition) is 2. The van der Waals surface area contributed by atoms with Gasteiger partial charge in [0, 0.05) is 33.4 Å². The highest BCUT2D eigenvalue weighted by Gasteiger charge is 2.51. The molecule has 0 bridgehead atoms. The van der Waals surface area contributed by atoms with Gasteiger partial charge in [0.1, 0.15) is 11.2 Å². The predicted molar refractivity (Wildman–Crippen MR) is 279 cm³/mol. The first-order chi connectivity index (χ1) is 33.2. The molecule has 1 aromatic heterocycles. The first kappa shape index (κ1) is 37.6. The van der Waals surface area contributed by atoms with Gasteiger partial charge in [-0.3, -0.25) is 0 Å². The lowest BCUT2D eigenvalue weighted by Gasteiger charge is -2.32. The molecule has 67 heavy (non-hydrogen) atoms. The number of rotatable bonds is 6. The zero-order valence-electron chi connectivity index (χ0n) is 36.5. The molecule has 12 aromatic rings. The van der Waals surface area contributed by atoms with E-state index in [1.165, 1.54) is 77.5 Å². The molecular weight excluding hydrogens is 811 g/mol. The lowest BCUT2D eigenvalue weighted by Crippen LogP contribution is -2.26. The van der Waals surface area contributed by atoms with Crippen LogP contribution >= 0.6 is 0 Å². The molecule has 0 fully saturated rings. The largest absolute Gasteiger partial charge is 0.455 e. The van der Waals surface area contributed by atoms with Crippen LogP contribution < -0.4 is 4.90 Å². The van der Waals surface area contributed by atoms with E-state index < -0.39 is 5.41 Å². The Bertz CT molecular complexity index is 3840. The van der Waals surface area contributed by atoms with E-state index in [1.807, 2.05) is 6.07 Å². The van der Waals surface area contributed by atoms with Crippen LogP contribution in [0.15, 0.2) is 253 Å². The van der Waals surface area contributed by atoms with Crippen molar-refractivity contribution in [3.05, 3.63) is 271 Å². The first-order valence-electron chi connectivity index (χ1n) is 23.2. The summed E-state index contributed by atoms with van der Waals surface area (Å²) in [6.07, 6.45) is 0. The van der Waals surface area contributed by atoms with E-state index in [9.17, 15) is 0 Å². The van der Waals surface area contributed by atoms with Crippen molar-refractivity contribution in [3.63, 3.8) is 0 Å². The van der Waals surface area contributed by atoms with Gasteiger partial charge in [-0.1, -0.05) is 206 Å². The number of anilines is 3. The van der Waals surface area contributed by atoms with E-state index in [0.717, 1.165) is 50.1 Å². The fourth-order valence-electron chi connectivity index (χ4n) is 11.6. The standard InChI is InChI=1S/C65H41NO/c1-2-15-50-44(13-1)14-11-20-51(50)45-29-27-42(28-30-45)43-31-35-47(36-32-43)66(48-37-33-46(34-38-48)52-21-12-22-58-57-19-6-10-26-63(57)67-64(52)58)49-39-40-56-55-18-5-9-25-61(55)65(62(56)41-49)59-23-7-3-16-53(59)54-17-4-8-24-60(54)65/h1-41H. The van der Waals surface area contributed by atoms with Gasteiger partial charge in [-0.2, -0.15) is 0 Å². The van der Waals surface area contributed by atoms with Crippen molar-refractivity contribution in [1.82, 2.24) is 0 Å². The maximum Gasteiger partial charge on any atom is 0.143 e. The summed E-state index contributed by atoms with van der Waals surface area (Å²) in [7, 11) is 0. The molecule has 2 nitrogen and oxygen atoms in total. The number of furan rings is 1. The molecule has 0 aliphatic heterocycles. The molecule has 0 amide bonds. The van der Waals surface area contributed by atoms with Gasteiger partial charge < -0.3 is 9.32 Å². The molecular formula is C65H41NO. The molecule has 14 rings (SSSR count). The molecule has 0 radical (unpaired) electrons. The van der Waals surface area contributed by atoms with E-state index in [-0.39, 0.29) is 0 Å². The van der Waals surface area contributed by atoms with Gasteiger partial charge in [0.25, 0.3) is 0 Å². The summed E-state index contributed by atoms with van der Waals surface area (Å²) >= 11 is 0. The molecule has 312 valence electrons. The minimum atomic E-state index is -0.446. The number of benzene rings is 11. The number of fused-ring (bicyclic) bond motifs is 14. The first-order valence-corrected chi connectivity index (χ1v) is 23.2. The minimum Gasteiger partial charge on any atom is -0.455 e. The number of para-hydroxylation sites is 2. The quantitative estimate of drug-likeness (QED) is 0.166. The molecule has 2 heteroatoms. The number of hydrogen-bond donors (Lipinski definition) is 0. The second-order valence-corrected chi connectivity index (χ2v) is 17.9. The van der Waals surface area contributed by atoms with E-state index in [2.05, 4.69) is 248 Å². The van der Waals surface area contributed by atoms with E-state index in [4.69, 9.17) is 4.42 Å². The van der Waals surface area contributed by atoms with Crippen LogP contribution in [0.5, 0.6) is 0 Å². The van der Waals surface area contributed by atoms with Crippen LogP contribution in [0.25, 0.3) is 88.3 Å². The summed E-state index contributed by atoms with van der Waals surface area (Å²) in [5.74, 6) is 0. The third-order valence-electron chi connectivity index (χ3n) is 14.5. The predicted octanol–water partition coefficient (Wildman–Crippen LogP) is 17.6. The maximum absolute atomic E-state index is 6.50. The van der Waals surface area contributed by atoms with Gasteiger partial charge in [-0.25, -0.2) is 0 Å². The molecule has 0 atom stereocenters. The molecule has 0 unspecified atom stereocenters. The summed E-state index contributed by atoms with van der Waals surface area (Å²) in [4.78, 5) is 2.42. The van der Waals surface area contributed by atoms with Crippen molar-refractivity contribution in [2.24, 2.45) is 0 Å². The highest BCUT2D eigenvalue weighted by Crippen LogP contribution is 2.63. The summed E-state index contributed by atoms with van der Waals surface area (Å²) in [5.41, 5.74) is 22.1. The van der Waals surface area contributed by atoms with E-state index in [0.29, 0.717) is 0 Å². The molecule has 2 aliphatic rings. The van der Waals surface area contributed by atoms with Crippen molar-refractivity contribution in [1.29, 1.82) is 0 Å². The molecule has 0 saturated carbocycles. The maximum atomic E-state index is 6.50. The second kappa shape index (κ2) is 14.7. The summed E-state index contributed by atoms with van der Waals surface area (Å²) in [6.45, 7) is 0. The van der Waals surface area contributed by atoms with Gasteiger partial charge in [0.15, 0.2) is 0 Å². The Hall–Kier alpha value is -8.72. The Kier molecular flexibility index (Phi) is 8.23. The fourth-order valence-corrected chi connectivity index (χ4v) is 11.6. The van der Waals surface area contributed by atoms with Crippen LogP contribution in [0.4, 0.5) is 17.1 Å².